The van der Waals surface area contributed by atoms with E-state index in [1.807, 2.05) is 6.92 Å². The Bertz CT molecular complexity index is 923. The summed E-state index contributed by atoms with van der Waals surface area (Å²) in [7, 11) is 0. The summed E-state index contributed by atoms with van der Waals surface area (Å²) in [6.07, 6.45) is 0.929. The first-order valence-corrected chi connectivity index (χ1v) is 8.08. The van der Waals surface area contributed by atoms with Gasteiger partial charge in [-0.3, -0.25) is 4.98 Å². The molecule has 130 valence electrons. The number of carbonyl (C=O) groups excluding carboxylic acids is 1. The molecule has 0 radical (unpaired) electrons. The Morgan fingerprint density at radius 3 is 2.88 bits per heavy atom. The Labute approximate surface area is 144 Å². The van der Waals surface area contributed by atoms with Crippen molar-refractivity contribution in [1.29, 1.82) is 0 Å². The first-order chi connectivity index (χ1) is 12.0. The number of nitrogens with zero attached hydrogens (tertiary/aromatic N) is 3. The van der Waals surface area contributed by atoms with Crippen molar-refractivity contribution in [2.45, 2.75) is 39.7 Å². The zero-order valence-corrected chi connectivity index (χ0v) is 14.2. The molecule has 0 aliphatic heterocycles. The number of halogens is 1. The molecule has 0 aliphatic carbocycles. The fraction of sp³-hybridized carbons (Fsp3) is 0.333. The molecule has 0 amide bonds. The number of fused-ring (bicyclic) bond motifs is 1. The number of hydrogen-bond acceptors (Lipinski definition) is 6. The smallest absolute Gasteiger partial charge is 0.340 e. The van der Waals surface area contributed by atoms with E-state index in [-0.39, 0.29) is 11.7 Å². The summed E-state index contributed by atoms with van der Waals surface area (Å²) in [5.74, 6) is -0.0714. The lowest BCUT2D eigenvalue weighted by Crippen LogP contribution is -2.12. The van der Waals surface area contributed by atoms with Gasteiger partial charge in [0.25, 0.3) is 5.89 Å². The molecule has 0 spiro atoms. The van der Waals surface area contributed by atoms with E-state index in [1.165, 1.54) is 12.1 Å². The monoisotopic (exact) mass is 343 g/mol. The van der Waals surface area contributed by atoms with Crippen molar-refractivity contribution in [2.24, 2.45) is 0 Å². The van der Waals surface area contributed by atoms with Crippen LogP contribution in [0.5, 0.6) is 0 Å². The van der Waals surface area contributed by atoms with E-state index in [4.69, 9.17) is 9.26 Å². The predicted octanol–water partition coefficient (Wildman–Crippen LogP) is 3.94. The average Bonchev–Trinajstić information content (AvgIpc) is 3.03. The largest absolute Gasteiger partial charge is 0.449 e. The van der Waals surface area contributed by atoms with E-state index in [9.17, 15) is 9.18 Å². The maximum atomic E-state index is 13.3. The maximum Gasteiger partial charge on any atom is 0.340 e. The number of pyridine rings is 1. The van der Waals surface area contributed by atoms with Crippen LogP contribution < -0.4 is 0 Å². The maximum absolute atomic E-state index is 13.3. The number of hydrogen-bond donors (Lipinski definition) is 0. The Morgan fingerprint density at radius 2 is 2.12 bits per heavy atom. The number of benzene rings is 1. The van der Waals surface area contributed by atoms with Crippen LogP contribution in [0.3, 0.4) is 0 Å². The second-order valence-corrected chi connectivity index (χ2v) is 5.80. The molecule has 3 aromatic rings. The van der Waals surface area contributed by atoms with Crippen LogP contribution in [0.4, 0.5) is 4.39 Å². The minimum atomic E-state index is -0.672. The van der Waals surface area contributed by atoms with Crippen molar-refractivity contribution < 1.29 is 18.4 Å². The second-order valence-electron chi connectivity index (χ2n) is 5.80. The van der Waals surface area contributed by atoms with Crippen LogP contribution in [0.25, 0.3) is 10.9 Å². The van der Waals surface area contributed by atoms with Gasteiger partial charge in [-0.2, -0.15) is 4.98 Å². The summed E-state index contributed by atoms with van der Waals surface area (Å²) in [6, 6.07) is 5.87. The van der Waals surface area contributed by atoms with Gasteiger partial charge in [0.15, 0.2) is 11.9 Å². The molecule has 6 nitrogen and oxygen atoms in total. The van der Waals surface area contributed by atoms with Crippen LogP contribution in [0.1, 0.15) is 54.1 Å². The van der Waals surface area contributed by atoms with Crippen LogP contribution >= 0.6 is 0 Å². The zero-order chi connectivity index (χ0) is 18.0. The number of ether oxygens (including phenoxy) is 1. The van der Waals surface area contributed by atoms with Crippen molar-refractivity contribution in [2.75, 3.05) is 0 Å². The minimum absolute atomic E-state index is 0.255. The Hall–Kier alpha value is -2.83. The van der Waals surface area contributed by atoms with E-state index < -0.39 is 12.1 Å². The highest BCUT2D eigenvalue weighted by Crippen LogP contribution is 2.22. The van der Waals surface area contributed by atoms with Gasteiger partial charge in [0.05, 0.1) is 16.8 Å². The first kappa shape index (κ1) is 17.0. The third kappa shape index (κ3) is 3.65. The molecular formula is C18H18FN3O3. The molecule has 0 saturated carbocycles. The number of rotatable bonds is 5. The van der Waals surface area contributed by atoms with E-state index >= 15 is 0 Å². The van der Waals surface area contributed by atoms with Crippen molar-refractivity contribution in [3.05, 3.63) is 53.1 Å². The molecule has 0 fully saturated rings. The molecule has 1 atom stereocenters. The highest BCUT2D eigenvalue weighted by Gasteiger charge is 2.21. The highest BCUT2D eigenvalue weighted by atomic mass is 19.1. The molecule has 1 aromatic carbocycles. The molecule has 0 N–H and O–H groups in total. The van der Waals surface area contributed by atoms with Crippen LogP contribution in [0, 0.1) is 12.7 Å². The van der Waals surface area contributed by atoms with Gasteiger partial charge in [-0.15, -0.1) is 0 Å². The number of aryl methyl sites for hydroxylation is 2. The van der Waals surface area contributed by atoms with E-state index in [2.05, 4.69) is 15.1 Å². The van der Waals surface area contributed by atoms with Gasteiger partial charge >= 0.3 is 5.97 Å². The quantitative estimate of drug-likeness (QED) is 0.653. The Morgan fingerprint density at radius 1 is 1.32 bits per heavy atom. The van der Waals surface area contributed by atoms with Crippen LogP contribution in [-0.4, -0.2) is 21.1 Å². The van der Waals surface area contributed by atoms with E-state index in [0.29, 0.717) is 34.4 Å². The number of esters is 1. The van der Waals surface area contributed by atoms with Crippen molar-refractivity contribution >= 4 is 16.9 Å². The molecule has 7 heteroatoms. The SMILES string of the molecule is CCCc1noc([C@H](C)OC(=O)c2cc3ccc(F)cc3nc2C)n1. The lowest BCUT2D eigenvalue weighted by Gasteiger charge is -2.11. The van der Waals surface area contributed by atoms with Gasteiger partial charge in [0.1, 0.15) is 5.82 Å². The van der Waals surface area contributed by atoms with Gasteiger partial charge in [-0.25, -0.2) is 9.18 Å². The predicted molar refractivity (Wildman–Crippen MR) is 88.6 cm³/mol. The summed E-state index contributed by atoms with van der Waals surface area (Å²) in [5.41, 5.74) is 1.27. The third-order valence-corrected chi connectivity index (χ3v) is 3.78. The highest BCUT2D eigenvalue weighted by molar-refractivity contribution is 5.95. The third-order valence-electron chi connectivity index (χ3n) is 3.78. The molecular weight excluding hydrogens is 325 g/mol. The minimum Gasteiger partial charge on any atom is -0.449 e. The Balaban J connectivity index is 1.81. The summed E-state index contributed by atoms with van der Waals surface area (Å²) in [6.45, 7) is 5.36. The standard InChI is InChI=1S/C18H18FN3O3/c1-4-5-16-21-17(25-22-16)11(3)24-18(23)14-8-12-6-7-13(19)9-15(12)20-10(14)2/h6-9,11H,4-5H2,1-3H3/t11-/m0/s1. The van der Waals surface area contributed by atoms with Gasteiger partial charge in [-0.1, -0.05) is 12.1 Å². The number of carbonyl (C=O) groups is 1. The second kappa shape index (κ2) is 6.96. The summed E-state index contributed by atoms with van der Waals surface area (Å²) < 4.78 is 23.8. The van der Waals surface area contributed by atoms with E-state index in [1.54, 1.807) is 26.0 Å². The zero-order valence-electron chi connectivity index (χ0n) is 14.2. The van der Waals surface area contributed by atoms with Crippen LogP contribution in [-0.2, 0) is 11.2 Å². The Kier molecular flexibility index (Phi) is 4.74. The lowest BCUT2D eigenvalue weighted by molar-refractivity contribution is 0.0264. The molecule has 0 unspecified atom stereocenters. The van der Waals surface area contributed by atoms with Crippen molar-refractivity contribution in [3.63, 3.8) is 0 Å². The van der Waals surface area contributed by atoms with Gasteiger partial charge in [-0.05, 0) is 38.5 Å². The van der Waals surface area contributed by atoms with Crippen LogP contribution in [0.15, 0.2) is 28.8 Å². The lowest BCUT2D eigenvalue weighted by atomic mass is 10.1. The summed E-state index contributed by atoms with van der Waals surface area (Å²) in [4.78, 5) is 21.0. The molecule has 2 aromatic heterocycles. The molecule has 0 saturated heterocycles. The van der Waals surface area contributed by atoms with Crippen LogP contribution in [0.2, 0.25) is 0 Å². The fourth-order valence-electron chi connectivity index (χ4n) is 2.48. The van der Waals surface area contributed by atoms with Gasteiger partial charge < -0.3 is 9.26 Å². The molecule has 0 aliphatic rings. The fourth-order valence-corrected chi connectivity index (χ4v) is 2.48. The summed E-state index contributed by atoms with van der Waals surface area (Å²) >= 11 is 0. The summed E-state index contributed by atoms with van der Waals surface area (Å²) in [5, 5.41) is 4.51. The molecule has 3 rings (SSSR count). The van der Waals surface area contributed by atoms with Gasteiger partial charge in [0, 0.05) is 17.9 Å². The number of aromatic nitrogens is 3. The normalized spacial score (nSPS) is 12.3. The van der Waals surface area contributed by atoms with Gasteiger partial charge in [0.2, 0.25) is 0 Å². The molecule has 25 heavy (non-hydrogen) atoms. The molecule has 2 heterocycles. The molecule has 0 bridgehead atoms. The van der Waals surface area contributed by atoms with Crippen molar-refractivity contribution in [3.8, 4) is 0 Å². The van der Waals surface area contributed by atoms with Crippen molar-refractivity contribution in [1.82, 2.24) is 15.1 Å². The average molecular weight is 343 g/mol. The topological polar surface area (TPSA) is 78.1 Å². The first-order valence-electron chi connectivity index (χ1n) is 8.08. The van der Waals surface area contributed by atoms with E-state index in [0.717, 1.165) is 6.42 Å².